The van der Waals surface area contributed by atoms with E-state index in [2.05, 4.69) is 17.2 Å². The Balaban J connectivity index is 1.92. The molecule has 1 heterocycles. The van der Waals surface area contributed by atoms with Gasteiger partial charge in [-0.15, -0.1) is 0 Å². The van der Waals surface area contributed by atoms with Crippen LogP contribution in [-0.4, -0.2) is 9.78 Å². The molecule has 0 fully saturated rings. The number of nitrogens with zero attached hydrogens (tertiary/aromatic N) is 1. The number of aromatic nitrogens is 2. The van der Waals surface area contributed by atoms with Crippen molar-refractivity contribution in [2.24, 2.45) is 0 Å². The Morgan fingerprint density at radius 1 is 1.00 bits per heavy atom. The molecule has 2 nitrogen and oxygen atoms in total. The molecule has 0 saturated carbocycles. The molecule has 3 rings (SSSR count). The number of aromatic amines is 1. The average molecular weight is 301 g/mol. The van der Waals surface area contributed by atoms with E-state index in [1.54, 1.807) is 0 Å². The van der Waals surface area contributed by atoms with E-state index in [4.69, 9.17) is 23.8 Å². The average Bonchev–Trinajstić information content (AvgIpc) is 2.81. The zero-order valence-corrected chi connectivity index (χ0v) is 12.3. The standard InChI is InChI=1S/C16H13ClN2S/c17-14-8-4-5-12(9-14)11-19-16(20)10-15(18-19)13-6-2-1-3-7-13/h1-10,18H,11H2. The van der Waals surface area contributed by atoms with E-state index in [0.717, 1.165) is 26.5 Å². The van der Waals surface area contributed by atoms with E-state index in [1.807, 2.05) is 53.2 Å². The second-order valence-corrected chi connectivity index (χ2v) is 5.44. The summed E-state index contributed by atoms with van der Waals surface area (Å²) in [6.45, 7) is 0.687. The van der Waals surface area contributed by atoms with Crippen LogP contribution in [0.15, 0.2) is 60.7 Å². The van der Waals surface area contributed by atoms with Crippen molar-refractivity contribution in [1.29, 1.82) is 0 Å². The third-order valence-corrected chi connectivity index (χ3v) is 3.68. The quantitative estimate of drug-likeness (QED) is 0.681. The first kappa shape index (κ1) is 13.2. The molecular formula is C16H13ClN2S. The highest BCUT2D eigenvalue weighted by Gasteiger charge is 2.03. The summed E-state index contributed by atoms with van der Waals surface area (Å²) < 4.78 is 2.73. The maximum atomic E-state index is 6.01. The van der Waals surface area contributed by atoms with Crippen molar-refractivity contribution >= 4 is 23.8 Å². The predicted molar refractivity (Wildman–Crippen MR) is 85.6 cm³/mol. The smallest absolute Gasteiger partial charge is 0.122 e. The SMILES string of the molecule is S=c1cc(-c2ccccc2)[nH]n1Cc1cccc(Cl)c1. The lowest BCUT2D eigenvalue weighted by atomic mass is 10.2. The van der Waals surface area contributed by atoms with Crippen molar-refractivity contribution in [3.63, 3.8) is 0 Å². The molecule has 0 spiro atoms. The number of rotatable bonds is 3. The van der Waals surface area contributed by atoms with E-state index in [1.165, 1.54) is 0 Å². The monoisotopic (exact) mass is 300 g/mol. The van der Waals surface area contributed by atoms with Gasteiger partial charge in [0, 0.05) is 5.02 Å². The van der Waals surface area contributed by atoms with Crippen molar-refractivity contribution in [2.45, 2.75) is 6.54 Å². The largest absolute Gasteiger partial charge is 0.297 e. The van der Waals surface area contributed by atoms with Crippen LogP contribution in [0.1, 0.15) is 5.56 Å². The van der Waals surface area contributed by atoms with Gasteiger partial charge in [0.2, 0.25) is 0 Å². The van der Waals surface area contributed by atoms with Gasteiger partial charge in [-0.05, 0) is 29.3 Å². The molecule has 0 saturated heterocycles. The first-order valence-electron chi connectivity index (χ1n) is 6.32. The minimum Gasteiger partial charge on any atom is -0.297 e. The minimum atomic E-state index is 0.687. The normalized spacial score (nSPS) is 10.7. The van der Waals surface area contributed by atoms with Gasteiger partial charge in [-0.1, -0.05) is 66.3 Å². The summed E-state index contributed by atoms with van der Waals surface area (Å²) in [6, 6.07) is 19.9. The zero-order chi connectivity index (χ0) is 13.9. The van der Waals surface area contributed by atoms with Crippen LogP contribution in [0.25, 0.3) is 11.3 Å². The van der Waals surface area contributed by atoms with Crippen molar-refractivity contribution in [3.8, 4) is 11.3 Å². The van der Waals surface area contributed by atoms with Gasteiger partial charge in [-0.25, -0.2) is 0 Å². The Labute approximate surface area is 127 Å². The third-order valence-electron chi connectivity index (χ3n) is 3.10. The highest BCUT2D eigenvalue weighted by Crippen LogP contribution is 2.18. The fourth-order valence-corrected chi connectivity index (χ4v) is 2.58. The molecule has 0 aliphatic heterocycles. The molecule has 1 aromatic heterocycles. The van der Waals surface area contributed by atoms with Gasteiger partial charge >= 0.3 is 0 Å². The van der Waals surface area contributed by atoms with Crippen LogP contribution in [0.4, 0.5) is 0 Å². The Morgan fingerprint density at radius 2 is 1.80 bits per heavy atom. The van der Waals surface area contributed by atoms with Gasteiger partial charge in [-0.2, -0.15) is 0 Å². The van der Waals surface area contributed by atoms with E-state index < -0.39 is 0 Å². The Bertz CT molecular complexity index is 774. The van der Waals surface area contributed by atoms with Crippen molar-refractivity contribution in [1.82, 2.24) is 9.78 Å². The molecule has 4 heteroatoms. The van der Waals surface area contributed by atoms with Crippen LogP contribution >= 0.6 is 23.8 Å². The number of halogens is 1. The van der Waals surface area contributed by atoms with Crippen LogP contribution in [0.2, 0.25) is 5.02 Å². The van der Waals surface area contributed by atoms with Gasteiger partial charge < -0.3 is 0 Å². The summed E-state index contributed by atoms with van der Waals surface area (Å²) in [4.78, 5) is 0. The zero-order valence-electron chi connectivity index (χ0n) is 10.7. The van der Waals surface area contributed by atoms with E-state index >= 15 is 0 Å². The molecule has 2 aromatic carbocycles. The number of hydrogen-bond acceptors (Lipinski definition) is 1. The van der Waals surface area contributed by atoms with Crippen LogP contribution in [0, 0.1) is 4.64 Å². The van der Waals surface area contributed by atoms with Crippen LogP contribution in [0.5, 0.6) is 0 Å². The minimum absolute atomic E-state index is 0.687. The lowest BCUT2D eigenvalue weighted by Crippen LogP contribution is -2.01. The summed E-state index contributed by atoms with van der Waals surface area (Å²) in [5, 5.41) is 4.07. The van der Waals surface area contributed by atoms with Gasteiger partial charge in [0.15, 0.2) is 0 Å². The van der Waals surface area contributed by atoms with Gasteiger partial charge in [-0.3, -0.25) is 9.78 Å². The second-order valence-electron chi connectivity index (χ2n) is 4.59. The van der Waals surface area contributed by atoms with Crippen LogP contribution in [0.3, 0.4) is 0 Å². The molecule has 0 aliphatic carbocycles. The molecule has 0 aliphatic rings. The summed E-state index contributed by atoms with van der Waals surface area (Å²) in [6.07, 6.45) is 0. The van der Waals surface area contributed by atoms with Crippen molar-refractivity contribution in [2.75, 3.05) is 0 Å². The Hall–Kier alpha value is -1.84. The predicted octanol–water partition coefficient (Wildman–Crippen LogP) is 4.91. The molecule has 0 amide bonds. The first-order chi connectivity index (χ1) is 9.72. The highest BCUT2D eigenvalue weighted by atomic mass is 35.5. The molecule has 1 N–H and O–H groups in total. The third kappa shape index (κ3) is 2.84. The second kappa shape index (κ2) is 5.65. The molecule has 0 radical (unpaired) electrons. The van der Waals surface area contributed by atoms with Crippen LogP contribution in [-0.2, 0) is 6.54 Å². The summed E-state index contributed by atoms with van der Waals surface area (Å²) in [5.74, 6) is 0. The molecular weight excluding hydrogens is 288 g/mol. The number of nitrogens with one attached hydrogen (secondary N) is 1. The van der Waals surface area contributed by atoms with Gasteiger partial charge in [0.25, 0.3) is 0 Å². The van der Waals surface area contributed by atoms with Crippen molar-refractivity contribution < 1.29 is 0 Å². The molecule has 3 aromatic rings. The molecule has 0 atom stereocenters. The summed E-state index contributed by atoms with van der Waals surface area (Å²) >= 11 is 11.4. The lowest BCUT2D eigenvalue weighted by molar-refractivity contribution is 0.680. The van der Waals surface area contributed by atoms with E-state index in [9.17, 15) is 0 Å². The molecule has 100 valence electrons. The maximum Gasteiger partial charge on any atom is 0.122 e. The summed E-state index contributed by atoms with van der Waals surface area (Å²) in [5.41, 5.74) is 3.27. The van der Waals surface area contributed by atoms with Crippen molar-refractivity contribution in [3.05, 3.63) is 75.9 Å². The number of hydrogen-bond donors (Lipinski definition) is 1. The molecule has 0 bridgehead atoms. The maximum absolute atomic E-state index is 6.01. The Kier molecular flexibility index (Phi) is 3.72. The highest BCUT2D eigenvalue weighted by molar-refractivity contribution is 7.71. The fourth-order valence-electron chi connectivity index (χ4n) is 2.14. The lowest BCUT2D eigenvalue weighted by Gasteiger charge is -2.04. The summed E-state index contributed by atoms with van der Waals surface area (Å²) in [7, 11) is 0. The number of benzene rings is 2. The van der Waals surface area contributed by atoms with E-state index in [0.29, 0.717) is 6.54 Å². The topological polar surface area (TPSA) is 20.7 Å². The number of H-pyrrole nitrogens is 1. The molecule has 20 heavy (non-hydrogen) atoms. The fraction of sp³-hybridized carbons (Fsp3) is 0.0625. The first-order valence-corrected chi connectivity index (χ1v) is 7.11. The van der Waals surface area contributed by atoms with Crippen LogP contribution < -0.4 is 0 Å². The van der Waals surface area contributed by atoms with Gasteiger partial charge in [0.05, 0.1) is 12.2 Å². The Morgan fingerprint density at radius 3 is 2.55 bits per heavy atom. The molecule has 0 unspecified atom stereocenters. The van der Waals surface area contributed by atoms with Gasteiger partial charge in [0.1, 0.15) is 4.64 Å². The van der Waals surface area contributed by atoms with E-state index in [-0.39, 0.29) is 0 Å².